The summed E-state index contributed by atoms with van der Waals surface area (Å²) in [7, 11) is 1.42. The summed E-state index contributed by atoms with van der Waals surface area (Å²) in [6.07, 6.45) is 0. The van der Waals surface area contributed by atoms with Crippen LogP contribution in [0.2, 0.25) is 0 Å². The van der Waals surface area contributed by atoms with Crippen LogP contribution in [-0.4, -0.2) is 66.4 Å². The molecule has 32 heavy (non-hydrogen) atoms. The van der Waals surface area contributed by atoms with E-state index in [4.69, 9.17) is 4.74 Å². The van der Waals surface area contributed by atoms with Gasteiger partial charge in [0, 0.05) is 26.2 Å². The molecule has 1 heterocycles. The summed E-state index contributed by atoms with van der Waals surface area (Å²) >= 11 is 0. The van der Waals surface area contributed by atoms with Gasteiger partial charge in [0.1, 0.15) is 11.4 Å². The fourth-order valence-electron chi connectivity index (χ4n) is 3.77. The first-order chi connectivity index (χ1) is 15.2. The number of carbonyl (C=O) groups is 2. The lowest BCUT2D eigenvalue weighted by molar-refractivity contribution is -0.384. The third-order valence-corrected chi connectivity index (χ3v) is 5.73. The van der Waals surface area contributed by atoms with Gasteiger partial charge in [-0.2, -0.15) is 0 Å². The minimum atomic E-state index is -0.631. The first-order valence-corrected chi connectivity index (χ1v) is 10.4. The van der Waals surface area contributed by atoms with Crippen molar-refractivity contribution < 1.29 is 19.2 Å². The first kappa shape index (κ1) is 23.2. The van der Waals surface area contributed by atoms with E-state index in [-0.39, 0.29) is 29.7 Å². The summed E-state index contributed by atoms with van der Waals surface area (Å²) in [5, 5.41) is 13.9. The van der Waals surface area contributed by atoms with Crippen LogP contribution in [0.3, 0.4) is 0 Å². The number of benzene rings is 2. The lowest BCUT2D eigenvalue weighted by Crippen LogP contribution is -2.54. The molecule has 3 rings (SSSR count). The molecule has 1 aliphatic heterocycles. The van der Waals surface area contributed by atoms with Gasteiger partial charge in [0.2, 0.25) is 11.8 Å². The fraction of sp³-hybridized carbons (Fsp3) is 0.391. The Bertz CT molecular complexity index is 985. The van der Waals surface area contributed by atoms with E-state index in [9.17, 15) is 19.7 Å². The molecule has 1 saturated heterocycles. The summed E-state index contributed by atoms with van der Waals surface area (Å²) in [4.78, 5) is 40.1. The van der Waals surface area contributed by atoms with Gasteiger partial charge in [0.05, 0.1) is 30.1 Å². The number of hydrogen-bond donors (Lipinski definition) is 1. The monoisotopic (exact) mass is 440 g/mol. The van der Waals surface area contributed by atoms with E-state index in [2.05, 4.69) is 5.32 Å². The molecule has 9 heteroatoms. The number of piperazine rings is 1. The van der Waals surface area contributed by atoms with E-state index in [1.165, 1.54) is 19.2 Å². The minimum Gasteiger partial charge on any atom is -0.496 e. The molecule has 0 atom stereocenters. The topological polar surface area (TPSA) is 105 Å². The molecule has 1 aliphatic rings. The second-order valence-electron chi connectivity index (χ2n) is 8.25. The largest absolute Gasteiger partial charge is 0.496 e. The highest BCUT2D eigenvalue weighted by Crippen LogP contribution is 2.29. The van der Waals surface area contributed by atoms with Crippen LogP contribution in [-0.2, 0) is 15.0 Å². The van der Waals surface area contributed by atoms with Crippen LogP contribution in [0.4, 0.5) is 11.4 Å². The van der Waals surface area contributed by atoms with Crippen LogP contribution in [0.25, 0.3) is 0 Å². The molecule has 0 aliphatic carbocycles. The molecule has 2 aromatic rings. The number of carbonyl (C=O) groups excluding carboxylic acids is 2. The highest BCUT2D eigenvalue weighted by molar-refractivity contribution is 5.94. The van der Waals surface area contributed by atoms with Crippen LogP contribution in [0, 0.1) is 10.1 Å². The highest BCUT2D eigenvalue weighted by atomic mass is 16.6. The van der Waals surface area contributed by atoms with Crippen molar-refractivity contribution in [2.24, 2.45) is 0 Å². The van der Waals surface area contributed by atoms with Crippen LogP contribution in [0.1, 0.15) is 19.4 Å². The summed E-state index contributed by atoms with van der Waals surface area (Å²) < 4.78 is 5.01. The minimum absolute atomic E-state index is 0.0571. The van der Waals surface area contributed by atoms with Crippen molar-refractivity contribution in [3.63, 3.8) is 0 Å². The molecule has 9 nitrogen and oxygen atoms in total. The van der Waals surface area contributed by atoms with Gasteiger partial charge in [-0.05, 0) is 31.5 Å². The molecule has 2 aromatic carbocycles. The number of nitro benzene ring substituents is 1. The van der Waals surface area contributed by atoms with Gasteiger partial charge < -0.3 is 15.0 Å². The molecular weight excluding hydrogens is 412 g/mol. The van der Waals surface area contributed by atoms with E-state index in [0.29, 0.717) is 31.9 Å². The van der Waals surface area contributed by atoms with E-state index in [1.54, 1.807) is 6.07 Å². The molecule has 0 radical (unpaired) electrons. The average molecular weight is 441 g/mol. The van der Waals surface area contributed by atoms with Crippen LogP contribution in [0.5, 0.6) is 5.75 Å². The van der Waals surface area contributed by atoms with Crippen LogP contribution < -0.4 is 10.1 Å². The van der Waals surface area contributed by atoms with E-state index < -0.39 is 10.3 Å². The quantitative estimate of drug-likeness (QED) is 0.524. The smallest absolute Gasteiger partial charge is 0.296 e. The molecule has 0 unspecified atom stereocenters. The summed E-state index contributed by atoms with van der Waals surface area (Å²) in [6.45, 7) is 6.07. The van der Waals surface area contributed by atoms with Gasteiger partial charge in [-0.15, -0.1) is 0 Å². The SMILES string of the molecule is COc1ccc(NC(=O)CN2CCN(C(=O)C(C)(C)c3ccccc3)CC2)c([N+](=O)[O-])c1. The third kappa shape index (κ3) is 5.23. The van der Waals surface area contributed by atoms with Crippen molar-refractivity contribution >= 4 is 23.2 Å². The van der Waals surface area contributed by atoms with Gasteiger partial charge >= 0.3 is 0 Å². The summed E-state index contributed by atoms with van der Waals surface area (Å²) in [5.74, 6) is 0.0539. The maximum absolute atomic E-state index is 13.1. The van der Waals surface area contributed by atoms with Gasteiger partial charge in [-0.1, -0.05) is 30.3 Å². The van der Waals surface area contributed by atoms with Crippen molar-refractivity contribution in [1.29, 1.82) is 0 Å². The highest BCUT2D eigenvalue weighted by Gasteiger charge is 2.35. The van der Waals surface area contributed by atoms with E-state index in [1.807, 2.05) is 54.0 Å². The van der Waals surface area contributed by atoms with Gasteiger partial charge in [0.15, 0.2) is 0 Å². The molecule has 0 aromatic heterocycles. The molecule has 0 spiro atoms. The molecule has 1 N–H and O–H groups in total. The van der Waals surface area contributed by atoms with E-state index >= 15 is 0 Å². The number of nitro groups is 1. The number of rotatable bonds is 7. The normalized spacial score (nSPS) is 14.7. The standard InChI is InChI=1S/C23H28N4O5/c1-23(2,17-7-5-4-6-8-17)22(29)26-13-11-25(12-14-26)16-21(28)24-19-10-9-18(32-3)15-20(19)27(30)31/h4-10,15H,11-14,16H2,1-3H3,(H,24,28). The predicted octanol–water partition coefficient (Wildman–Crippen LogP) is 2.66. The molecule has 170 valence electrons. The van der Waals surface area contributed by atoms with Gasteiger partial charge in [-0.3, -0.25) is 24.6 Å². The van der Waals surface area contributed by atoms with Crippen molar-refractivity contribution in [1.82, 2.24) is 9.80 Å². The second-order valence-corrected chi connectivity index (χ2v) is 8.25. The lowest BCUT2D eigenvalue weighted by Gasteiger charge is -2.38. The number of nitrogens with zero attached hydrogens (tertiary/aromatic N) is 3. The van der Waals surface area contributed by atoms with Gasteiger partial charge in [-0.25, -0.2) is 0 Å². The summed E-state index contributed by atoms with van der Waals surface area (Å²) in [6, 6.07) is 14.0. The Morgan fingerprint density at radius 3 is 2.34 bits per heavy atom. The van der Waals surface area contributed by atoms with Crippen molar-refractivity contribution in [3.05, 3.63) is 64.2 Å². The Labute approximate surface area is 187 Å². The van der Waals surface area contributed by atoms with Crippen LogP contribution in [0.15, 0.2) is 48.5 Å². The lowest BCUT2D eigenvalue weighted by atomic mass is 9.83. The van der Waals surface area contributed by atoms with Crippen LogP contribution >= 0.6 is 0 Å². The number of nitrogens with one attached hydrogen (secondary N) is 1. The van der Waals surface area contributed by atoms with Crippen molar-refractivity contribution in [2.45, 2.75) is 19.3 Å². The molecule has 1 fully saturated rings. The first-order valence-electron chi connectivity index (χ1n) is 10.4. The number of amides is 2. The Kier molecular flexibility index (Phi) is 7.09. The zero-order chi connectivity index (χ0) is 23.3. The molecule has 2 amide bonds. The fourth-order valence-corrected chi connectivity index (χ4v) is 3.77. The Balaban J connectivity index is 1.56. The number of anilines is 1. The number of hydrogen-bond acceptors (Lipinski definition) is 6. The second kappa shape index (κ2) is 9.78. The van der Waals surface area contributed by atoms with Crippen molar-refractivity contribution in [3.8, 4) is 5.75 Å². The molecule has 0 saturated carbocycles. The molecular formula is C23H28N4O5. The Morgan fingerprint density at radius 1 is 1.09 bits per heavy atom. The Hall–Kier alpha value is -3.46. The van der Waals surface area contributed by atoms with Gasteiger partial charge in [0.25, 0.3) is 5.69 Å². The average Bonchev–Trinajstić information content (AvgIpc) is 2.79. The predicted molar refractivity (Wildman–Crippen MR) is 121 cm³/mol. The third-order valence-electron chi connectivity index (χ3n) is 5.73. The van der Waals surface area contributed by atoms with Crippen molar-refractivity contribution in [2.75, 3.05) is 45.2 Å². The maximum atomic E-state index is 13.1. The number of methoxy groups -OCH3 is 1. The Morgan fingerprint density at radius 2 is 1.75 bits per heavy atom. The maximum Gasteiger partial charge on any atom is 0.296 e. The number of ether oxygens (including phenoxy) is 1. The summed E-state index contributed by atoms with van der Waals surface area (Å²) in [5.41, 5.74) is 0.233. The van der Waals surface area contributed by atoms with E-state index in [0.717, 1.165) is 5.56 Å². The zero-order valence-corrected chi connectivity index (χ0v) is 18.5. The zero-order valence-electron chi connectivity index (χ0n) is 18.5. The molecule has 0 bridgehead atoms.